The van der Waals surface area contributed by atoms with Crippen LogP contribution in [0.4, 0.5) is 10.5 Å². The molecule has 0 N–H and O–H groups in total. The highest BCUT2D eigenvalue weighted by Gasteiger charge is 2.35. The molecule has 156 valence electrons. The Kier molecular flexibility index (Phi) is 5.67. The average molecular weight is 455 g/mol. The lowest BCUT2D eigenvalue weighted by Crippen LogP contribution is -2.27. The number of halogens is 1. The van der Waals surface area contributed by atoms with Gasteiger partial charge >= 0.3 is 0 Å². The second kappa shape index (κ2) is 8.41. The summed E-state index contributed by atoms with van der Waals surface area (Å²) in [4.78, 5) is 37.0. The predicted octanol–water partition coefficient (Wildman–Crippen LogP) is 6.05. The smallest absolute Gasteiger partial charge is 0.293 e. The minimum Gasteiger partial charge on any atom is -0.457 e. The van der Waals surface area contributed by atoms with Gasteiger partial charge in [-0.1, -0.05) is 23.7 Å². The first-order valence-corrected chi connectivity index (χ1v) is 10.4. The quantitative estimate of drug-likeness (QED) is 0.264. The topological polar surface area (TPSA) is 93.7 Å². The maximum absolute atomic E-state index is 12.7. The lowest BCUT2D eigenvalue weighted by atomic mass is 10.1. The second-order valence-corrected chi connectivity index (χ2v) is 8.28. The van der Waals surface area contributed by atoms with Crippen molar-refractivity contribution >= 4 is 46.3 Å². The molecular formula is C22H15ClN2O5S. The number of nitro benzene ring substituents is 1. The number of nitro groups is 1. The molecule has 1 aliphatic heterocycles. The highest BCUT2D eigenvalue weighted by molar-refractivity contribution is 8.18. The van der Waals surface area contributed by atoms with E-state index in [2.05, 4.69) is 0 Å². The van der Waals surface area contributed by atoms with Gasteiger partial charge < -0.3 is 4.42 Å². The van der Waals surface area contributed by atoms with Crippen LogP contribution in [0.2, 0.25) is 5.02 Å². The molecule has 9 heteroatoms. The third kappa shape index (κ3) is 4.40. The van der Waals surface area contributed by atoms with E-state index in [1.807, 2.05) is 0 Å². The molecule has 0 spiro atoms. The summed E-state index contributed by atoms with van der Waals surface area (Å²) in [6.07, 6.45) is 1.52. The molecule has 1 aliphatic rings. The Morgan fingerprint density at radius 1 is 1.13 bits per heavy atom. The van der Waals surface area contributed by atoms with Crippen molar-refractivity contribution in [3.05, 3.63) is 91.5 Å². The van der Waals surface area contributed by atoms with E-state index >= 15 is 0 Å². The largest absolute Gasteiger partial charge is 0.457 e. The first kappa shape index (κ1) is 20.9. The Morgan fingerprint density at radius 3 is 2.55 bits per heavy atom. The Labute approximate surface area is 186 Å². The molecule has 0 unspecified atom stereocenters. The number of hydrogen-bond acceptors (Lipinski definition) is 6. The Balaban J connectivity index is 1.53. The van der Waals surface area contributed by atoms with E-state index in [4.69, 9.17) is 16.0 Å². The van der Waals surface area contributed by atoms with Crippen molar-refractivity contribution in [2.24, 2.45) is 0 Å². The highest BCUT2D eigenvalue weighted by Crippen LogP contribution is 2.35. The van der Waals surface area contributed by atoms with Gasteiger partial charge in [-0.2, -0.15) is 0 Å². The van der Waals surface area contributed by atoms with E-state index in [1.54, 1.807) is 55.5 Å². The van der Waals surface area contributed by atoms with Crippen LogP contribution in [0, 0.1) is 17.0 Å². The van der Waals surface area contributed by atoms with Gasteiger partial charge in [0.25, 0.3) is 16.8 Å². The van der Waals surface area contributed by atoms with Crippen LogP contribution in [-0.4, -0.2) is 21.0 Å². The van der Waals surface area contributed by atoms with Gasteiger partial charge in [0.2, 0.25) is 0 Å². The number of hydrogen-bond donors (Lipinski definition) is 0. The number of amides is 2. The lowest BCUT2D eigenvalue weighted by molar-refractivity contribution is -0.385. The average Bonchev–Trinajstić information content (AvgIpc) is 3.29. The summed E-state index contributed by atoms with van der Waals surface area (Å²) in [5.74, 6) is 0.515. The van der Waals surface area contributed by atoms with E-state index in [0.29, 0.717) is 27.7 Å². The van der Waals surface area contributed by atoms with Crippen LogP contribution in [0.1, 0.15) is 16.9 Å². The maximum Gasteiger partial charge on any atom is 0.293 e. The Bertz CT molecular complexity index is 1230. The summed E-state index contributed by atoms with van der Waals surface area (Å²) in [5.41, 5.74) is 2.02. The standard InChI is InChI=1S/C22H15ClN2O5S/c1-13-10-15(4-8-18(13)25(28)29)19-9-7-17(30-19)11-20-21(26)24(22(27)31-20)12-14-2-5-16(23)6-3-14/h2-11H,12H2,1H3/b20-11-. The number of thioether (sulfide) groups is 1. The van der Waals surface area contributed by atoms with Crippen molar-refractivity contribution in [1.82, 2.24) is 4.90 Å². The molecule has 31 heavy (non-hydrogen) atoms. The number of benzene rings is 2. The molecule has 0 saturated carbocycles. The lowest BCUT2D eigenvalue weighted by Gasteiger charge is -2.12. The molecule has 1 fully saturated rings. The monoisotopic (exact) mass is 454 g/mol. The summed E-state index contributed by atoms with van der Waals surface area (Å²) in [6.45, 7) is 1.81. The van der Waals surface area contributed by atoms with Gasteiger partial charge in [0, 0.05) is 28.3 Å². The van der Waals surface area contributed by atoms with Crippen molar-refractivity contribution in [3.63, 3.8) is 0 Å². The SMILES string of the molecule is Cc1cc(-c2ccc(/C=C3\SC(=O)N(Cc4ccc(Cl)cc4)C3=O)o2)ccc1[N+](=O)[O-]. The normalized spacial score (nSPS) is 15.2. The van der Waals surface area contributed by atoms with Gasteiger partial charge in [0.05, 0.1) is 16.4 Å². The molecule has 4 rings (SSSR count). The molecule has 0 atom stereocenters. The van der Waals surface area contributed by atoms with Gasteiger partial charge in [-0.05, 0) is 60.6 Å². The molecule has 0 radical (unpaired) electrons. The van der Waals surface area contributed by atoms with Gasteiger partial charge in [-0.15, -0.1) is 0 Å². The van der Waals surface area contributed by atoms with Crippen LogP contribution in [0.5, 0.6) is 0 Å². The predicted molar refractivity (Wildman–Crippen MR) is 119 cm³/mol. The van der Waals surface area contributed by atoms with Crippen LogP contribution < -0.4 is 0 Å². The van der Waals surface area contributed by atoms with Crippen LogP contribution >= 0.6 is 23.4 Å². The molecule has 2 heterocycles. The molecule has 7 nitrogen and oxygen atoms in total. The zero-order valence-electron chi connectivity index (χ0n) is 16.2. The van der Waals surface area contributed by atoms with Crippen LogP contribution in [0.15, 0.2) is 63.9 Å². The maximum atomic E-state index is 12.7. The fourth-order valence-corrected chi connectivity index (χ4v) is 4.08. The van der Waals surface area contributed by atoms with Crippen molar-refractivity contribution in [3.8, 4) is 11.3 Å². The minimum atomic E-state index is -0.438. The second-order valence-electron chi connectivity index (χ2n) is 6.85. The zero-order valence-corrected chi connectivity index (χ0v) is 17.8. The fraction of sp³-hybridized carbons (Fsp3) is 0.0909. The number of aryl methyl sites for hydroxylation is 1. The first-order chi connectivity index (χ1) is 14.8. The molecule has 1 saturated heterocycles. The highest BCUT2D eigenvalue weighted by atomic mass is 35.5. The van der Waals surface area contributed by atoms with Gasteiger partial charge in [-0.25, -0.2) is 0 Å². The van der Waals surface area contributed by atoms with Crippen molar-refractivity contribution in [2.45, 2.75) is 13.5 Å². The Hall–Kier alpha value is -3.36. The molecule has 2 aromatic carbocycles. The molecule has 1 aromatic heterocycles. The number of nitrogens with zero attached hydrogens (tertiary/aromatic N) is 2. The summed E-state index contributed by atoms with van der Waals surface area (Å²) in [5, 5.41) is 11.2. The van der Waals surface area contributed by atoms with E-state index in [1.165, 1.54) is 17.0 Å². The van der Waals surface area contributed by atoms with Crippen LogP contribution in [-0.2, 0) is 11.3 Å². The van der Waals surface area contributed by atoms with Gasteiger partial charge in [0.15, 0.2) is 0 Å². The zero-order chi connectivity index (χ0) is 22.1. The van der Waals surface area contributed by atoms with Gasteiger partial charge in [-0.3, -0.25) is 24.6 Å². The van der Waals surface area contributed by atoms with Crippen molar-refractivity contribution < 1.29 is 18.9 Å². The van der Waals surface area contributed by atoms with E-state index in [9.17, 15) is 19.7 Å². The van der Waals surface area contributed by atoms with E-state index < -0.39 is 10.8 Å². The van der Waals surface area contributed by atoms with E-state index in [-0.39, 0.29) is 22.4 Å². The molecule has 0 bridgehead atoms. The third-order valence-electron chi connectivity index (χ3n) is 4.71. The fourth-order valence-electron chi connectivity index (χ4n) is 3.14. The van der Waals surface area contributed by atoms with E-state index in [0.717, 1.165) is 17.3 Å². The summed E-state index contributed by atoms with van der Waals surface area (Å²) in [7, 11) is 0. The van der Waals surface area contributed by atoms with Crippen LogP contribution in [0.3, 0.4) is 0 Å². The van der Waals surface area contributed by atoms with Crippen LogP contribution in [0.25, 0.3) is 17.4 Å². The number of carbonyl (C=O) groups excluding carboxylic acids is 2. The number of imide groups is 1. The Morgan fingerprint density at radius 2 is 1.87 bits per heavy atom. The first-order valence-electron chi connectivity index (χ1n) is 9.17. The summed E-state index contributed by atoms with van der Waals surface area (Å²) >= 11 is 6.72. The number of rotatable bonds is 5. The van der Waals surface area contributed by atoms with Crippen molar-refractivity contribution in [2.75, 3.05) is 0 Å². The molecule has 0 aliphatic carbocycles. The summed E-state index contributed by atoms with van der Waals surface area (Å²) < 4.78 is 5.78. The van der Waals surface area contributed by atoms with Crippen molar-refractivity contribution in [1.29, 1.82) is 0 Å². The molecule has 3 aromatic rings. The number of furan rings is 1. The molecular weight excluding hydrogens is 440 g/mol. The molecule has 2 amide bonds. The minimum absolute atomic E-state index is 0.0323. The summed E-state index contributed by atoms with van der Waals surface area (Å²) in [6, 6.07) is 15.0. The third-order valence-corrected chi connectivity index (χ3v) is 5.87. The number of carbonyl (C=O) groups is 2. The van der Waals surface area contributed by atoms with Gasteiger partial charge in [0.1, 0.15) is 11.5 Å².